The molecule has 2 atom stereocenters. The Bertz CT molecular complexity index is 545. The molecule has 3 rings (SSSR count). The van der Waals surface area contributed by atoms with Crippen molar-refractivity contribution in [1.82, 2.24) is 4.98 Å². The molecule has 1 heteroatoms. The van der Waals surface area contributed by atoms with Gasteiger partial charge in [-0.05, 0) is 60.3 Å². The fourth-order valence-electron chi connectivity index (χ4n) is 3.74. The summed E-state index contributed by atoms with van der Waals surface area (Å²) in [5.41, 5.74) is 2.93. The van der Waals surface area contributed by atoms with Crippen molar-refractivity contribution in [1.29, 1.82) is 0 Å². The van der Waals surface area contributed by atoms with E-state index in [4.69, 9.17) is 0 Å². The third kappa shape index (κ3) is 3.97. The van der Waals surface area contributed by atoms with E-state index in [2.05, 4.69) is 54.4 Å². The number of pyridine rings is 1. The van der Waals surface area contributed by atoms with Gasteiger partial charge in [-0.1, -0.05) is 56.5 Å². The van der Waals surface area contributed by atoms with Gasteiger partial charge in [0.15, 0.2) is 0 Å². The van der Waals surface area contributed by atoms with Gasteiger partial charge >= 0.3 is 0 Å². The molecule has 1 aliphatic carbocycles. The van der Waals surface area contributed by atoms with Gasteiger partial charge < -0.3 is 0 Å². The smallest absolute Gasteiger partial charge is 0.0270 e. The predicted molar refractivity (Wildman–Crippen MR) is 92.7 cm³/mol. The van der Waals surface area contributed by atoms with Crippen molar-refractivity contribution < 1.29 is 0 Å². The number of aromatic nitrogens is 1. The van der Waals surface area contributed by atoms with Crippen molar-refractivity contribution in [3.63, 3.8) is 0 Å². The molecule has 0 aliphatic heterocycles. The molecule has 0 bridgehead atoms. The molecule has 1 saturated carbocycles. The molecule has 1 fully saturated rings. The van der Waals surface area contributed by atoms with Crippen LogP contribution in [0, 0.1) is 17.8 Å². The summed E-state index contributed by atoms with van der Waals surface area (Å²) in [6.45, 7) is 2.47. The van der Waals surface area contributed by atoms with E-state index in [0.717, 1.165) is 17.8 Å². The molecule has 1 aromatic carbocycles. The predicted octanol–water partition coefficient (Wildman–Crippen LogP) is 5.31. The van der Waals surface area contributed by atoms with Crippen molar-refractivity contribution in [2.45, 2.75) is 45.4 Å². The van der Waals surface area contributed by atoms with Crippen LogP contribution in [0.1, 0.15) is 43.7 Å². The summed E-state index contributed by atoms with van der Waals surface area (Å²) < 4.78 is 0. The summed E-state index contributed by atoms with van der Waals surface area (Å²) in [6.07, 6.45) is 11.9. The van der Waals surface area contributed by atoms with Gasteiger partial charge in [0.1, 0.15) is 0 Å². The summed E-state index contributed by atoms with van der Waals surface area (Å²) >= 11 is 0. The second kappa shape index (κ2) is 7.58. The summed E-state index contributed by atoms with van der Waals surface area (Å²) in [4.78, 5) is 4.11. The average Bonchev–Trinajstić information content (AvgIpc) is 2.52. The molecule has 1 nitrogen and oxygen atoms in total. The first-order valence-electron chi connectivity index (χ1n) is 8.76. The second-order valence-corrected chi connectivity index (χ2v) is 6.92. The van der Waals surface area contributed by atoms with Gasteiger partial charge in [0.2, 0.25) is 0 Å². The van der Waals surface area contributed by atoms with Crippen LogP contribution in [0.25, 0.3) is 0 Å². The monoisotopic (exact) mass is 293 g/mol. The van der Waals surface area contributed by atoms with Gasteiger partial charge in [-0.15, -0.1) is 0 Å². The van der Waals surface area contributed by atoms with Crippen molar-refractivity contribution >= 4 is 0 Å². The highest BCUT2D eigenvalue weighted by molar-refractivity contribution is 5.16. The van der Waals surface area contributed by atoms with Gasteiger partial charge in [0.25, 0.3) is 0 Å². The molecule has 1 aliphatic rings. The Kier molecular flexibility index (Phi) is 5.26. The third-order valence-corrected chi connectivity index (χ3v) is 5.44. The summed E-state index contributed by atoms with van der Waals surface area (Å²) in [7, 11) is 0. The highest BCUT2D eigenvalue weighted by atomic mass is 14.6. The maximum Gasteiger partial charge on any atom is 0.0270 e. The van der Waals surface area contributed by atoms with Gasteiger partial charge in [-0.3, -0.25) is 4.98 Å². The largest absolute Gasteiger partial charge is 0.265 e. The molecule has 2 unspecified atom stereocenters. The lowest BCUT2D eigenvalue weighted by molar-refractivity contribution is 0.145. The van der Waals surface area contributed by atoms with Gasteiger partial charge in [0, 0.05) is 12.4 Å². The third-order valence-electron chi connectivity index (χ3n) is 5.44. The topological polar surface area (TPSA) is 12.9 Å². The molecule has 22 heavy (non-hydrogen) atoms. The number of hydrogen-bond acceptors (Lipinski definition) is 1. The lowest BCUT2D eigenvalue weighted by atomic mass is 9.68. The first kappa shape index (κ1) is 15.3. The summed E-state index contributed by atoms with van der Waals surface area (Å²) in [6, 6.07) is 15.4. The maximum atomic E-state index is 4.11. The first-order valence-corrected chi connectivity index (χ1v) is 8.76. The highest BCUT2D eigenvalue weighted by Crippen LogP contribution is 2.40. The fraction of sp³-hybridized carbons (Fsp3) is 0.476. The van der Waals surface area contributed by atoms with E-state index in [1.165, 1.54) is 49.7 Å². The van der Waals surface area contributed by atoms with Crippen LogP contribution < -0.4 is 0 Å². The minimum absolute atomic E-state index is 0.790. The van der Waals surface area contributed by atoms with E-state index in [9.17, 15) is 0 Å². The van der Waals surface area contributed by atoms with Crippen LogP contribution in [0.2, 0.25) is 0 Å². The standard InChI is InChI=1S/C21H27N/c1-17(10-11-18-12-14-22-15-13-18)21(20-8-5-9-20)16-19-6-3-2-4-7-19/h2-4,6-7,12-15,17,20-21H,5,8-11,16H2,1H3. The van der Waals surface area contributed by atoms with Crippen molar-refractivity contribution in [2.24, 2.45) is 17.8 Å². The van der Waals surface area contributed by atoms with Crippen molar-refractivity contribution in [3.05, 3.63) is 66.0 Å². The van der Waals surface area contributed by atoms with Gasteiger partial charge in [-0.25, -0.2) is 0 Å². The normalized spacial score (nSPS) is 17.7. The quantitative estimate of drug-likeness (QED) is 0.674. The van der Waals surface area contributed by atoms with E-state index in [-0.39, 0.29) is 0 Å². The molecule has 1 heterocycles. The van der Waals surface area contributed by atoms with E-state index in [1.54, 1.807) is 0 Å². The molecular weight excluding hydrogens is 266 g/mol. The van der Waals surface area contributed by atoms with Crippen LogP contribution in [-0.2, 0) is 12.8 Å². The summed E-state index contributed by atoms with van der Waals surface area (Å²) in [5, 5.41) is 0. The maximum absolute atomic E-state index is 4.11. The van der Waals surface area contributed by atoms with Crippen LogP contribution in [0.4, 0.5) is 0 Å². The highest BCUT2D eigenvalue weighted by Gasteiger charge is 2.30. The SMILES string of the molecule is CC(CCc1ccncc1)C(Cc1ccccc1)C1CCC1. The summed E-state index contributed by atoms with van der Waals surface area (Å²) in [5.74, 6) is 2.59. The van der Waals surface area contributed by atoms with E-state index < -0.39 is 0 Å². The zero-order valence-electron chi connectivity index (χ0n) is 13.6. The Morgan fingerprint density at radius 3 is 2.36 bits per heavy atom. The van der Waals surface area contributed by atoms with E-state index in [1.807, 2.05) is 12.4 Å². The van der Waals surface area contributed by atoms with Crippen LogP contribution in [-0.4, -0.2) is 4.98 Å². The second-order valence-electron chi connectivity index (χ2n) is 6.92. The van der Waals surface area contributed by atoms with E-state index in [0.29, 0.717) is 0 Å². The van der Waals surface area contributed by atoms with Crippen LogP contribution in [0.15, 0.2) is 54.9 Å². The Morgan fingerprint density at radius 1 is 1.00 bits per heavy atom. The minimum atomic E-state index is 0.790. The van der Waals surface area contributed by atoms with Crippen LogP contribution in [0.3, 0.4) is 0 Å². The van der Waals surface area contributed by atoms with Gasteiger partial charge in [0.05, 0.1) is 0 Å². The van der Waals surface area contributed by atoms with Gasteiger partial charge in [-0.2, -0.15) is 0 Å². The Morgan fingerprint density at radius 2 is 1.73 bits per heavy atom. The Labute approximate surface area is 134 Å². The van der Waals surface area contributed by atoms with E-state index >= 15 is 0 Å². The van der Waals surface area contributed by atoms with Crippen molar-refractivity contribution in [2.75, 3.05) is 0 Å². The Hall–Kier alpha value is -1.63. The fourth-order valence-corrected chi connectivity index (χ4v) is 3.74. The molecule has 0 saturated heterocycles. The first-order chi connectivity index (χ1) is 10.8. The molecule has 0 radical (unpaired) electrons. The van der Waals surface area contributed by atoms with Crippen molar-refractivity contribution in [3.8, 4) is 0 Å². The average molecular weight is 293 g/mol. The molecule has 2 aromatic rings. The molecule has 0 amide bonds. The van der Waals surface area contributed by atoms with Crippen LogP contribution >= 0.6 is 0 Å². The number of benzene rings is 1. The Balaban J connectivity index is 1.61. The number of aryl methyl sites for hydroxylation is 1. The molecule has 116 valence electrons. The van der Waals surface area contributed by atoms with Crippen LogP contribution in [0.5, 0.6) is 0 Å². The zero-order valence-corrected chi connectivity index (χ0v) is 13.6. The zero-order chi connectivity index (χ0) is 15.2. The molecule has 0 N–H and O–H groups in total. The molecular formula is C21H27N. The molecule has 1 aromatic heterocycles. The molecule has 0 spiro atoms. The number of hydrogen-bond donors (Lipinski definition) is 0. The number of nitrogens with zero attached hydrogens (tertiary/aromatic N) is 1. The lowest BCUT2D eigenvalue weighted by Gasteiger charge is -2.38. The minimum Gasteiger partial charge on any atom is -0.265 e. The lowest BCUT2D eigenvalue weighted by Crippen LogP contribution is -2.29. The number of rotatable bonds is 7.